The van der Waals surface area contributed by atoms with Gasteiger partial charge < -0.3 is 27.9 Å². The molecule has 48 heavy (non-hydrogen) atoms. The van der Waals surface area contributed by atoms with Crippen LogP contribution in [0.4, 0.5) is 0 Å². The normalized spacial score (nSPS) is 14.2. The molecule has 0 N–H and O–H groups in total. The van der Waals surface area contributed by atoms with Crippen molar-refractivity contribution in [1.29, 1.82) is 0 Å². The van der Waals surface area contributed by atoms with Gasteiger partial charge in [0.15, 0.2) is 0 Å². The number of phosphoric ester groups is 1. The van der Waals surface area contributed by atoms with Gasteiger partial charge >= 0.3 is 5.97 Å². The van der Waals surface area contributed by atoms with Crippen LogP contribution in [0, 0.1) is 0 Å². The minimum atomic E-state index is -4.52. The van der Waals surface area contributed by atoms with Crippen LogP contribution in [0.2, 0.25) is 0 Å². The van der Waals surface area contributed by atoms with Gasteiger partial charge in [0.25, 0.3) is 7.82 Å². The standard InChI is InChI=1S/C39H76NO7P/c1-6-8-10-12-14-16-18-20-21-22-24-26-28-30-32-39(41)47-38(37-46-48(42,43)45-35-33-40(3,4)5)36-44-34-31-29-27-25-23-19-17-15-13-11-9-7-2/h13,15,18,20,38H,6-12,14,16-17,19,21-37H2,1-5H3/b15-13-,20-18-. The number of unbranched alkanes of at least 4 members (excludes halogenated alkanes) is 18. The fraction of sp³-hybridized carbons (Fsp3) is 0.872. The first-order valence-corrected chi connectivity index (χ1v) is 21.0. The Bertz CT molecular complexity index is 828. The highest BCUT2D eigenvalue weighted by Gasteiger charge is 2.20. The molecule has 284 valence electrons. The summed E-state index contributed by atoms with van der Waals surface area (Å²) in [6.45, 7) is 5.34. The van der Waals surface area contributed by atoms with E-state index in [0.717, 1.165) is 44.9 Å². The third-order valence-electron chi connectivity index (χ3n) is 8.23. The van der Waals surface area contributed by atoms with Crippen molar-refractivity contribution in [2.24, 2.45) is 0 Å². The fourth-order valence-electron chi connectivity index (χ4n) is 5.11. The van der Waals surface area contributed by atoms with Crippen LogP contribution in [0.3, 0.4) is 0 Å². The third-order valence-corrected chi connectivity index (χ3v) is 9.19. The average molecular weight is 702 g/mol. The molecule has 0 heterocycles. The number of carbonyl (C=O) groups is 1. The van der Waals surface area contributed by atoms with Crippen LogP contribution in [-0.2, 0) is 27.9 Å². The maximum absolute atomic E-state index is 12.6. The summed E-state index contributed by atoms with van der Waals surface area (Å²) in [6, 6.07) is 0. The predicted molar refractivity (Wildman–Crippen MR) is 199 cm³/mol. The van der Waals surface area contributed by atoms with Crippen LogP contribution in [0.1, 0.15) is 162 Å². The van der Waals surface area contributed by atoms with E-state index < -0.39 is 13.9 Å². The van der Waals surface area contributed by atoms with Crippen molar-refractivity contribution in [1.82, 2.24) is 0 Å². The zero-order valence-electron chi connectivity index (χ0n) is 31.9. The molecule has 0 aliphatic heterocycles. The minimum Gasteiger partial charge on any atom is -0.756 e. The Morgan fingerprint density at radius 1 is 0.625 bits per heavy atom. The van der Waals surface area contributed by atoms with Gasteiger partial charge in [-0.15, -0.1) is 0 Å². The molecule has 0 saturated carbocycles. The summed E-state index contributed by atoms with van der Waals surface area (Å²) in [4.78, 5) is 24.9. The number of rotatable bonds is 36. The molecule has 0 aliphatic carbocycles. The number of ether oxygens (including phenoxy) is 2. The van der Waals surface area contributed by atoms with E-state index in [2.05, 4.69) is 38.2 Å². The number of nitrogens with zero attached hydrogens (tertiary/aromatic N) is 1. The summed E-state index contributed by atoms with van der Waals surface area (Å²) in [5, 5.41) is 0. The Morgan fingerprint density at radius 3 is 1.65 bits per heavy atom. The molecule has 0 radical (unpaired) electrons. The fourth-order valence-corrected chi connectivity index (χ4v) is 5.84. The number of esters is 1. The molecule has 8 nitrogen and oxygen atoms in total. The lowest BCUT2D eigenvalue weighted by Crippen LogP contribution is -2.37. The molecule has 0 aromatic carbocycles. The highest BCUT2D eigenvalue weighted by atomic mass is 31.2. The van der Waals surface area contributed by atoms with Crippen LogP contribution >= 0.6 is 7.82 Å². The van der Waals surface area contributed by atoms with Crippen molar-refractivity contribution in [3.63, 3.8) is 0 Å². The monoisotopic (exact) mass is 702 g/mol. The number of hydrogen-bond donors (Lipinski definition) is 0. The van der Waals surface area contributed by atoms with E-state index in [1.165, 1.54) is 96.3 Å². The number of hydrogen-bond acceptors (Lipinski definition) is 7. The molecule has 0 bridgehead atoms. The second-order valence-electron chi connectivity index (χ2n) is 14.3. The summed E-state index contributed by atoms with van der Waals surface area (Å²) < 4.78 is 34.4. The van der Waals surface area contributed by atoms with Gasteiger partial charge in [-0.05, 0) is 57.8 Å². The second-order valence-corrected chi connectivity index (χ2v) is 15.7. The number of quaternary nitrogens is 1. The molecule has 0 fully saturated rings. The summed E-state index contributed by atoms with van der Waals surface area (Å²) in [6.07, 6.45) is 34.6. The van der Waals surface area contributed by atoms with Crippen molar-refractivity contribution in [3.8, 4) is 0 Å². The van der Waals surface area contributed by atoms with Gasteiger partial charge in [-0.1, -0.05) is 122 Å². The Labute approximate surface area is 296 Å². The number of allylic oxidation sites excluding steroid dienone is 4. The Balaban J connectivity index is 4.31. The highest BCUT2D eigenvalue weighted by Crippen LogP contribution is 2.38. The molecule has 2 atom stereocenters. The van der Waals surface area contributed by atoms with Gasteiger partial charge in [-0.25, -0.2) is 0 Å². The number of phosphoric acid groups is 1. The lowest BCUT2D eigenvalue weighted by atomic mass is 10.1. The zero-order valence-corrected chi connectivity index (χ0v) is 32.8. The molecule has 0 rings (SSSR count). The SMILES string of the molecule is CCCC/C=C\CCCCCCCCOCC(COP(=O)([O-])OCC[N+](C)(C)C)OC(=O)CCCCCCC/C=C\CCCCCCC. The molecule has 0 aromatic heterocycles. The lowest BCUT2D eigenvalue weighted by Gasteiger charge is -2.28. The first-order chi connectivity index (χ1) is 23.1. The summed E-state index contributed by atoms with van der Waals surface area (Å²) in [7, 11) is 1.35. The van der Waals surface area contributed by atoms with E-state index in [0.29, 0.717) is 24.1 Å². The Kier molecular flexibility index (Phi) is 32.4. The van der Waals surface area contributed by atoms with Gasteiger partial charge in [0.1, 0.15) is 19.3 Å². The van der Waals surface area contributed by atoms with Crippen LogP contribution in [0.15, 0.2) is 24.3 Å². The Hall–Kier alpha value is -1.02. The van der Waals surface area contributed by atoms with E-state index in [-0.39, 0.29) is 25.8 Å². The third kappa shape index (κ3) is 36.3. The van der Waals surface area contributed by atoms with Crippen LogP contribution in [-0.4, -0.2) is 70.7 Å². The molecule has 0 saturated heterocycles. The van der Waals surface area contributed by atoms with Crippen molar-refractivity contribution in [2.45, 2.75) is 168 Å². The van der Waals surface area contributed by atoms with Gasteiger partial charge in [0, 0.05) is 13.0 Å². The summed E-state index contributed by atoms with van der Waals surface area (Å²) in [5.74, 6) is -0.346. The summed E-state index contributed by atoms with van der Waals surface area (Å²) >= 11 is 0. The second kappa shape index (κ2) is 33.1. The van der Waals surface area contributed by atoms with Crippen molar-refractivity contribution in [3.05, 3.63) is 24.3 Å². The number of likely N-dealkylation sites (N-methyl/N-ethyl adjacent to an activating group) is 1. The first-order valence-electron chi connectivity index (χ1n) is 19.6. The maximum Gasteiger partial charge on any atom is 0.306 e. The van der Waals surface area contributed by atoms with E-state index in [1.807, 2.05) is 21.1 Å². The van der Waals surface area contributed by atoms with E-state index >= 15 is 0 Å². The number of carbonyl (C=O) groups excluding carboxylic acids is 1. The quantitative estimate of drug-likeness (QED) is 0.0211. The molecule has 0 amide bonds. The predicted octanol–water partition coefficient (Wildman–Crippen LogP) is 10.2. The van der Waals surface area contributed by atoms with Crippen molar-refractivity contribution < 1.29 is 37.3 Å². The molecule has 9 heteroatoms. The average Bonchev–Trinajstić information content (AvgIpc) is 3.03. The van der Waals surface area contributed by atoms with Gasteiger partial charge in [0.2, 0.25) is 0 Å². The van der Waals surface area contributed by atoms with Crippen molar-refractivity contribution >= 4 is 13.8 Å². The molecule has 0 aromatic rings. The molecular formula is C39H76NO7P. The van der Waals surface area contributed by atoms with E-state index in [4.69, 9.17) is 18.5 Å². The largest absolute Gasteiger partial charge is 0.756 e. The Morgan fingerprint density at radius 2 is 1.10 bits per heavy atom. The van der Waals surface area contributed by atoms with Crippen molar-refractivity contribution in [2.75, 3.05) is 54.1 Å². The van der Waals surface area contributed by atoms with Crippen LogP contribution < -0.4 is 4.89 Å². The molecule has 0 spiro atoms. The van der Waals surface area contributed by atoms with Gasteiger partial charge in [0.05, 0.1) is 34.4 Å². The lowest BCUT2D eigenvalue weighted by molar-refractivity contribution is -0.870. The molecular weight excluding hydrogens is 625 g/mol. The van der Waals surface area contributed by atoms with E-state index in [9.17, 15) is 14.3 Å². The summed E-state index contributed by atoms with van der Waals surface area (Å²) in [5.41, 5.74) is 0. The highest BCUT2D eigenvalue weighted by molar-refractivity contribution is 7.45. The first kappa shape index (κ1) is 47.0. The van der Waals surface area contributed by atoms with Crippen LogP contribution in [0.5, 0.6) is 0 Å². The smallest absolute Gasteiger partial charge is 0.306 e. The molecule has 0 aliphatic rings. The topological polar surface area (TPSA) is 94.1 Å². The van der Waals surface area contributed by atoms with Crippen LogP contribution in [0.25, 0.3) is 0 Å². The molecule has 2 unspecified atom stereocenters. The minimum absolute atomic E-state index is 0.0241. The van der Waals surface area contributed by atoms with Gasteiger partial charge in [-0.2, -0.15) is 0 Å². The maximum atomic E-state index is 12.6. The van der Waals surface area contributed by atoms with E-state index in [1.54, 1.807) is 0 Å². The zero-order chi connectivity index (χ0) is 35.6. The van der Waals surface area contributed by atoms with Gasteiger partial charge in [-0.3, -0.25) is 9.36 Å².